The molecule has 1 N–H and O–H groups in total. The molecule has 8 nitrogen and oxygen atoms in total. The lowest BCUT2D eigenvalue weighted by Gasteiger charge is -2.32. The van der Waals surface area contributed by atoms with Crippen LogP contribution in [0.25, 0.3) is 0 Å². The third-order valence-corrected chi connectivity index (χ3v) is 4.82. The van der Waals surface area contributed by atoms with Gasteiger partial charge in [-0.3, -0.25) is 24.1 Å². The molecule has 0 unspecified atom stereocenters. The van der Waals surface area contributed by atoms with Crippen LogP contribution in [0.4, 0.5) is 11.4 Å². The normalized spacial score (nSPS) is 15.3. The smallest absolute Gasteiger partial charge is 0.265 e. The molecule has 2 aliphatic heterocycles. The first-order chi connectivity index (χ1) is 13.9. The largest absolute Gasteiger partial charge is 0.482 e. The van der Waals surface area contributed by atoms with Crippen LogP contribution in [0.5, 0.6) is 5.75 Å². The van der Waals surface area contributed by atoms with Gasteiger partial charge in [0.05, 0.1) is 16.8 Å². The molecule has 0 bridgehead atoms. The van der Waals surface area contributed by atoms with Crippen LogP contribution >= 0.6 is 0 Å². The van der Waals surface area contributed by atoms with Gasteiger partial charge in [-0.2, -0.15) is 0 Å². The summed E-state index contributed by atoms with van der Waals surface area (Å²) in [4.78, 5) is 52.0. The second-order valence-corrected chi connectivity index (χ2v) is 7.12. The first-order valence-corrected chi connectivity index (χ1v) is 9.21. The minimum absolute atomic E-state index is 0.0311. The molecule has 29 heavy (non-hydrogen) atoms. The SMILES string of the molecule is CC(C)N1C(=O)COc2ccc(NC(=O)CN3C(=O)c4ccccc4C3=O)cc21. The van der Waals surface area contributed by atoms with Crippen LogP contribution in [0.1, 0.15) is 34.6 Å². The van der Waals surface area contributed by atoms with E-state index in [4.69, 9.17) is 4.74 Å². The molecule has 2 aliphatic rings. The van der Waals surface area contributed by atoms with E-state index in [1.165, 1.54) is 0 Å². The molecule has 4 amide bonds. The molecule has 0 spiro atoms. The maximum atomic E-state index is 12.5. The van der Waals surface area contributed by atoms with E-state index in [1.807, 2.05) is 13.8 Å². The van der Waals surface area contributed by atoms with Gasteiger partial charge in [-0.05, 0) is 44.2 Å². The van der Waals surface area contributed by atoms with E-state index in [1.54, 1.807) is 47.4 Å². The number of nitrogens with zero attached hydrogens (tertiary/aromatic N) is 2. The summed E-state index contributed by atoms with van der Waals surface area (Å²) in [6.07, 6.45) is 0. The third-order valence-electron chi connectivity index (χ3n) is 4.82. The van der Waals surface area contributed by atoms with Gasteiger partial charge in [-0.15, -0.1) is 0 Å². The monoisotopic (exact) mass is 393 g/mol. The Morgan fingerprint density at radius 2 is 1.72 bits per heavy atom. The van der Waals surface area contributed by atoms with Crippen molar-refractivity contribution in [1.82, 2.24) is 4.90 Å². The van der Waals surface area contributed by atoms with E-state index in [9.17, 15) is 19.2 Å². The number of hydrogen-bond donors (Lipinski definition) is 1. The highest BCUT2D eigenvalue weighted by Gasteiger charge is 2.36. The zero-order valence-corrected chi connectivity index (χ0v) is 16.0. The summed E-state index contributed by atoms with van der Waals surface area (Å²) in [6.45, 7) is 3.35. The molecule has 0 saturated heterocycles. The van der Waals surface area contributed by atoms with E-state index in [2.05, 4.69) is 5.32 Å². The summed E-state index contributed by atoms with van der Waals surface area (Å²) >= 11 is 0. The van der Waals surface area contributed by atoms with Crippen molar-refractivity contribution >= 4 is 35.0 Å². The zero-order valence-electron chi connectivity index (χ0n) is 16.0. The third kappa shape index (κ3) is 3.22. The number of benzene rings is 2. The predicted octanol–water partition coefficient (Wildman–Crippen LogP) is 2.06. The predicted molar refractivity (Wildman–Crippen MR) is 105 cm³/mol. The molecule has 0 aliphatic carbocycles. The lowest BCUT2D eigenvalue weighted by atomic mass is 10.1. The Labute approximate surface area is 167 Å². The molecule has 8 heteroatoms. The van der Waals surface area contributed by atoms with Crippen molar-refractivity contribution in [3.63, 3.8) is 0 Å². The first-order valence-electron chi connectivity index (χ1n) is 9.21. The molecule has 4 rings (SSSR count). The number of amides is 4. The van der Waals surface area contributed by atoms with Gasteiger partial charge >= 0.3 is 0 Å². The van der Waals surface area contributed by atoms with Gasteiger partial charge in [0, 0.05) is 11.7 Å². The Bertz CT molecular complexity index is 1010. The van der Waals surface area contributed by atoms with Crippen molar-refractivity contribution < 1.29 is 23.9 Å². The average Bonchev–Trinajstić information content (AvgIpc) is 2.92. The van der Waals surface area contributed by atoms with Gasteiger partial charge in [-0.1, -0.05) is 12.1 Å². The maximum absolute atomic E-state index is 12.5. The fourth-order valence-corrected chi connectivity index (χ4v) is 3.54. The summed E-state index contributed by atoms with van der Waals surface area (Å²) < 4.78 is 5.45. The van der Waals surface area contributed by atoms with Crippen molar-refractivity contribution in [3.05, 3.63) is 53.6 Å². The number of rotatable bonds is 4. The molecule has 148 valence electrons. The minimum Gasteiger partial charge on any atom is -0.482 e. The van der Waals surface area contributed by atoms with Crippen LogP contribution in [-0.2, 0) is 9.59 Å². The highest BCUT2D eigenvalue weighted by atomic mass is 16.5. The summed E-state index contributed by atoms with van der Waals surface area (Å²) in [5.41, 5.74) is 1.59. The Balaban J connectivity index is 1.51. The number of fused-ring (bicyclic) bond motifs is 2. The summed E-state index contributed by atoms with van der Waals surface area (Å²) in [5.74, 6) is -1.11. The Morgan fingerprint density at radius 1 is 1.07 bits per heavy atom. The lowest BCUT2D eigenvalue weighted by molar-refractivity contribution is -0.121. The Kier molecular flexibility index (Phi) is 4.54. The van der Waals surface area contributed by atoms with E-state index >= 15 is 0 Å². The molecule has 0 radical (unpaired) electrons. The number of carbonyl (C=O) groups excluding carboxylic acids is 4. The Morgan fingerprint density at radius 3 is 2.34 bits per heavy atom. The van der Waals surface area contributed by atoms with Gasteiger partial charge in [0.15, 0.2) is 6.61 Å². The van der Waals surface area contributed by atoms with Crippen LogP contribution in [-0.4, -0.2) is 47.7 Å². The molecule has 0 saturated carbocycles. The second-order valence-electron chi connectivity index (χ2n) is 7.12. The number of ether oxygens (including phenoxy) is 1. The quantitative estimate of drug-likeness (QED) is 0.802. The fourth-order valence-electron chi connectivity index (χ4n) is 3.54. The van der Waals surface area contributed by atoms with Crippen LogP contribution in [0.3, 0.4) is 0 Å². The molecule has 0 aromatic heterocycles. The van der Waals surface area contributed by atoms with Crippen molar-refractivity contribution in [1.29, 1.82) is 0 Å². The van der Waals surface area contributed by atoms with Gasteiger partial charge in [-0.25, -0.2) is 0 Å². The topological polar surface area (TPSA) is 96.0 Å². The molecular weight excluding hydrogens is 374 g/mol. The standard InChI is InChI=1S/C21H19N3O5/c1-12(2)24-16-9-13(7-8-17(16)29-11-19(24)26)22-18(25)10-23-20(27)14-5-3-4-6-15(14)21(23)28/h3-9,12H,10-11H2,1-2H3,(H,22,25). The van der Waals surface area contributed by atoms with Crippen molar-refractivity contribution in [2.75, 3.05) is 23.4 Å². The lowest BCUT2D eigenvalue weighted by Crippen LogP contribution is -2.43. The van der Waals surface area contributed by atoms with E-state index in [-0.39, 0.29) is 18.6 Å². The molecular formula is C21H19N3O5. The molecule has 0 atom stereocenters. The number of hydrogen-bond acceptors (Lipinski definition) is 5. The van der Waals surface area contributed by atoms with Crippen molar-refractivity contribution in [3.8, 4) is 5.75 Å². The van der Waals surface area contributed by atoms with Crippen molar-refractivity contribution in [2.24, 2.45) is 0 Å². The van der Waals surface area contributed by atoms with Gasteiger partial charge in [0.25, 0.3) is 17.7 Å². The van der Waals surface area contributed by atoms with Gasteiger partial charge < -0.3 is 15.0 Å². The summed E-state index contributed by atoms with van der Waals surface area (Å²) in [7, 11) is 0. The second kappa shape index (κ2) is 7.05. The van der Waals surface area contributed by atoms with Crippen LogP contribution in [0, 0.1) is 0 Å². The van der Waals surface area contributed by atoms with E-state index < -0.39 is 24.3 Å². The molecule has 2 aromatic rings. The minimum atomic E-state index is -0.515. The van der Waals surface area contributed by atoms with Crippen LogP contribution < -0.4 is 15.0 Å². The van der Waals surface area contributed by atoms with Gasteiger partial charge in [0.2, 0.25) is 5.91 Å². The number of anilines is 2. The van der Waals surface area contributed by atoms with Crippen molar-refractivity contribution in [2.45, 2.75) is 19.9 Å². The molecule has 2 aromatic carbocycles. The Hall–Kier alpha value is -3.68. The number of nitrogens with one attached hydrogen (secondary N) is 1. The molecule has 0 fully saturated rings. The van der Waals surface area contributed by atoms with E-state index in [0.29, 0.717) is 28.3 Å². The number of carbonyl (C=O) groups is 4. The highest BCUT2D eigenvalue weighted by Crippen LogP contribution is 2.35. The molecule has 2 heterocycles. The first kappa shape index (κ1) is 18.7. The average molecular weight is 393 g/mol. The van der Waals surface area contributed by atoms with Crippen LogP contribution in [0.15, 0.2) is 42.5 Å². The highest BCUT2D eigenvalue weighted by molar-refractivity contribution is 6.22. The van der Waals surface area contributed by atoms with E-state index in [0.717, 1.165) is 4.90 Å². The summed E-state index contributed by atoms with van der Waals surface area (Å²) in [5, 5.41) is 2.68. The van der Waals surface area contributed by atoms with Gasteiger partial charge in [0.1, 0.15) is 12.3 Å². The van der Waals surface area contributed by atoms with Crippen LogP contribution in [0.2, 0.25) is 0 Å². The fraction of sp³-hybridized carbons (Fsp3) is 0.238. The zero-order chi connectivity index (χ0) is 20.7. The summed E-state index contributed by atoms with van der Waals surface area (Å²) in [6, 6.07) is 11.4. The number of imide groups is 1. The maximum Gasteiger partial charge on any atom is 0.265 e.